The van der Waals surface area contributed by atoms with Crippen LogP contribution in [0.5, 0.6) is 5.75 Å². The lowest BCUT2D eigenvalue weighted by molar-refractivity contribution is -0.383. The number of nitro groups is 1. The third-order valence-electron chi connectivity index (χ3n) is 2.87. The van der Waals surface area contributed by atoms with E-state index in [1.165, 1.54) is 12.3 Å². The number of benzene rings is 1. The number of aromatic nitrogens is 1. The predicted molar refractivity (Wildman–Crippen MR) is 76.5 cm³/mol. The number of hydrogen-bond acceptors (Lipinski definition) is 6. The SMILES string of the molecule is N/C(CCCOc1ccc([N+](=O)[O-])c2ncccc12)=N/O. The first-order chi connectivity index (χ1) is 10.1. The van der Waals surface area contributed by atoms with Crippen LogP contribution >= 0.6 is 0 Å². The van der Waals surface area contributed by atoms with E-state index in [2.05, 4.69) is 10.1 Å². The highest BCUT2D eigenvalue weighted by atomic mass is 16.6. The summed E-state index contributed by atoms with van der Waals surface area (Å²) in [4.78, 5) is 14.5. The van der Waals surface area contributed by atoms with Gasteiger partial charge in [-0.2, -0.15) is 0 Å². The average molecular weight is 290 g/mol. The van der Waals surface area contributed by atoms with Crippen molar-refractivity contribution in [3.63, 3.8) is 0 Å². The van der Waals surface area contributed by atoms with Gasteiger partial charge in [-0.25, -0.2) is 4.98 Å². The largest absolute Gasteiger partial charge is 0.493 e. The summed E-state index contributed by atoms with van der Waals surface area (Å²) in [6.45, 7) is 0.345. The second-order valence-corrected chi connectivity index (χ2v) is 4.28. The van der Waals surface area contributed by atoms with Gasteiger partial charge in [0.2, 0.25) is 0 Å². The number of pyridine rings is 1. The molecule has 1 aromatic carbocycles. The molecule has 1 heterocycles. The van der Waals surface area contributed by atoms with Crippen LogP contribution in [0.4, 0.5) is 5.69 Å². The van der Waals surface area contributed by atoms with Gasteiger partial charge in [-0.05, 0) is 24.6 Å². The number of nitrogens with two attached hydrogens (primary N) is 1. The molecule has 0 fully saturated rings. The van der Waals surface area contributed by atoms with Crippen LogP contribution in [0, 0.1) is 10.1 Å². The first-order valence-electron chi connectivity index (χ1n) is 6.25. The Morgan fingerprint density at radius 3 is 3.00 bits per heavy atom. The van der Waals surface area contributed by atoms with Crippen molar-refractivity contribution in [2.45, 2.75) is 12.8 Å². The van der Waals surface area contributed by atoms with E-state index in [1.807, 2.05) is 0 Å². The van der Waals surface area contributed by atoms with Crippen LogP contribution < -0.4 is 10.5 Å². The van der Waals surface area contributed by atoms with E-state index in [-0.39, 0.29) is 17.0 Å². The number of non-ortho nitro benzene ring substituents is 1. The molecule has 0 aliphatic heterocycles. The maximum atomic E-state index is 11.0. The molecule has 2 aromatic rings. The zero-order valence-electron chi connectivity index (χ0n) is 11.1. The lowest BCUT2D eigenvalue weighted by atomic mass is 10.1. The Morgan fingerprint density at radius 2 is 2.29 bits per heavy atom. The molecule has 0 spiro atoms. The number of rotatable bonds is 6. The predicted octanol–water partition coefficient (Wildman–Crippen LogP) is 2.05. The van der Waals surface area contributed by atoms with Gasteiger partial charge in [0, 0.05) is 24.1 Å². The number of ether oxygens (including phenoxy) is 1. The van der Waals surface area contributed by atoms with E-state index in [9.17, 15) is 10.1 Å². The van der Waals surface area contributed by atoms with Crippen molar-refractivity contribution >= 4 is 22.4 Å². The van der Waals surface area contributed by atoms with Crippen LogP contribution in [0.3, 0.4) is 0 Å². The molecule has 1 aromatic heterocycles. The van der Waals surface area contributed by atoms with Gasteiger partial charge in [-0.15, -0.1) is 0 Å². The molecule has 3 N–H and O–H groups in total. The van der Waals surface area contributed by atoms with Crippen molar-refractivity contribution in [3.05, 3.63) is 40.6 Å². The van der Waals surface area contributed by atoms with Gasteiger partial charge < -0.3 is 15.7 Å². The van der Waals surface area contributed by atoms with Crippen molar-refractivity contribution in [1.29, 1.82) is 0 Å². The minimum atomic E-state index is -0.475. The standard InChI is InChI=1S/C13H14N4O4/c14-12(16-18)4-2-8-21-11-6-5-10(17(19)20)13-9(11)3-1-7-15-13/h1,3,5-7,18H,2,4,8H2,(H2,14,16). The molecule has 0 bridgehead atoms. The first-order valence-corrected chi connectivity index (χ1v) is 6.25. The first kappa shape index (κ1) is 14.5. The fourth-order valence-electron chi connectivity index (χ4n) is 1.89. The van der Waals surface area contributed by atoms with E-state index in [0.717, 1.165) is 0 Å². The second kappa shape index (κ2) is 6.51. The third-order valence-corrected chi connectivity index (χ3v) is 2.87. The van der Waals surface area contributed by atoms with Gasteiger partial charge in [0.15, 0.2) is 5.52 Å². The number of nitrogens with zero attached hydrogens (tertiary/aromatic N) is 3. The van der Waals surface area contributed by atoms with E-state index >= 15 is 0 Å². The number of amidine groups is 1. The van der Waals surface area contributed by atoms with Gasteiger partial charge in [-0.3, -0.25) is 10.1 Å². The van der Waals surface area contributed by atoms with Crippen LogP contribution in [0.25, 0.3) is 10.9 Å². The maximum Gasteiger partial charge on any atom is 0.295 e. The van der Waals surface area contributed by atoms with Gasteiger partial charge >= 0.3 is 0 Å². The average Bonchev–Trinajstić information content (AvgIpc) is 2.50. The summed E-state index contributed by atoms with van der Waals surface area (Å²) in [7, 11) is 0. The lowest BCUT2D eigenvalue weighted by Crippen LogP contribution is -2.12. The highest BCUT2D eigenvalue weighted by Crippen LogP contribution is 2.31. The van der Waals surface area contributed by atoms with Crippen LogP contribution in [0.1, 0.15) is 12.8 Å². The molecule has 8 heteroatoms. The van der Waals surface area contributed by atoms with E-state index < -0.39 is 4.92 Å². The van der Waals surface area contributed by atoms with Crippen molar-refractivity contribution in [2.24, 2.45) is 10.9 Å². The molecule has 0 radical (unpaired) electrons. The Kier molecular flexibility index (Phi) is 4.50. The summed E-state index contributed by atoms with van der Waals surface area (Å²) < 4.78 is 5.59. The number of oxime groups is 1. The molecule has 0 saturated heterocycles. The number of nitro benzene ring substituents is 1. The zero-order valence-corrected chi connectivity index (χ0v) is 11.1. The van der Waals surface area contributed by atoms with Crippen LogP contribution in [0.2, 0.25) is 0 Å². The summed E-state index contributed by atoms with van der Waals surface area (Å²) in [5.74, 6) is 0.650. The summed E-state index contributed by atoms with van der Waals surface area (Å²) in [6, 6.07) is 6.32. The molecule has 0 amide bonds. The van der Waals surface area contributed by atoms with E-state index in [0.29, 0.717) is 30.6 Å². The Labute approximate surface area is 120 Å². The molecule has 0 saturated carbocycles. The molecule has 8 nitrogen and oxygen atoms in total. The molecule has 0 aliphatic carbocycles. The smallest absolute Gasteiger partial charge is 0.295 e. The molecule has 0 unspecified atom stereocenters. The van der Waals surface area contributed by atoms with Gasteiger partial charge in [0.25, 0.3) is 5.69 Å². The topological polar surface area (TPSA) is 124 Å². The quantitative estimate of drug-likeness (QED) is 0.209. The van der Waals surface area contributed by atoms with Gasteiger partial charge in [0.05, 0.1) is 11.5 Å². The second-order valence-electron chi connectivity index (χ2n) is 4.28. The fraction of sp³-hybridized carbons (Fsp3) is 0.231. The highest BCUT2D eigenvalue weighted by Gasteiger charge is 2.15. The molecular weight excluding hydrogens is 276 g/mol. The highest BCUT2D eigenvalue weighted by molar-refractivity contribution is 5.92. The summed E-state index contributed by atoms with van der Waals surface area (Å²) in [5.41, 5.74) is 5.58. The Balaban J connectivity index is 2.18. The third kappa shape index (κ3) is 3.35. The minimum absolute atomic E-state index is 0.0605. The van der Waals surface area contributed by atoms with Crippen molar-refractivity contribution in [3.8, 4) is 5.75 Å². The van der Waals surface area contributed by atoms with Crippen molar-refractivity contribution < 1.29 is 14.9 Å². The summed E-state index contributed by atoms with van der Waals surface area (Å²) >= 11 is 0. The summed E-state index contributed by atoms with van der Waals surface area (Å²) in [5, 5.41) is 22.8. The van der Waals surface area contributed by atoms with Crippen LogP contribution in [-0.4, -0.2) is 27.6 Å². The van der Waals surface area contributed by atoms with Crippen molar-refractivity contribution in [2.75, 3.05) is 6.61 Å². The fourth-order valence-corrected chi connectivity index (χ4v) is 1.89. The minimum Gasteiger partial charge on any atom is -0.493 e. The Morgan fingerprint density at radius 1 is 1.48 bits per heavy atom. The van der Waals surface area contributed by atoms with E-state index in [4.69, 9.17) is 15.7 Å². The summed E-state index contributed by atoms with van der Waals surface area (Å²) in [6.07, 6.45) is 2.46. The zero-order chi connectivity index (χ0) is 15.2. The molecule has 110 valence electrons. The van der Waals surface area contributed by atoms with Gasteiger partial charge in [0.1, 0.15) is 11.6 Å². The van der Waals surface area contributed by atoms with Crippen LogP contribution in [0.15, 0.2) is 35.6 Å². The Hall–Kier alpha value is -2.90. The maximum absolute atomic E-state index is 11.0. The molecular formula is C13H14N4O4. The molecule has 2 rings (SSSR count). The normalized spacial score (nSPS) is 11.5. The molecule has 0 atom stereocenters. The molecule has 21 heavy (non-hydrogen) atoms. The molecule has 0 aliphatic rings. The van der Waals surface area contributed by atoms with Crippen molar-refractivity contribution in [1.82, 2.24) is 4.98 Å². The van der Waals surface area contributed by atoms with Crippen LogP contribution in [-0.2, 0) is 0 Å². The number of fused-ring (bicyclic) bond motifs is 1. The van der Waals surface area contributed by atoms with Gasteiger partial charge in [-0.1, -0.05) is 5.16 Å². The monoisotopic (exact) mass is 290 g/mol. The number of hydrogen-bond donors (Lipinski definition) is 2. The van der Waals surface area contributed by atoms with E-state index in [1.54, 1.807) is 18.2 Å². The lowest BCUT2D eigenvalue weighted by Gasteiger charge is -2.08. The Bertz CT molecular complexity index is 687.